The van der Waals surface area contributed by atoms with E-state index in [4.69, 9.17) is 10.8 Å². The van der Waals surface area contributed by atoms with Gasteiger partial charge in [0, 0.05) is 6.42 Å². The molecule has 5 heteroatoms. The van der Waals surface area contributed by atoms with Gasteiger partial charge in [-0.2, -0.15) is 0 Å². The molecule has 0 aliphatic carbocycles. The molecule has 0 bridgehead atoms. The van der Waals surface area contributed by atoms with Crippen molar-refractivity contribution in [1.82, 2.24) is 9.97 Å². The Morgan fingerprint density at radius 1 is 1.82 bits per heavy atom. The Kier molecular flexibility index (Phi) is 2.10. The molecule has 1 aromatic heterocycles. The largest absolute Gasteiger partial charge is 0.481 e. The van der Waals surface area contributed by atoms with Gasteiger partial charge < -0.3 is 15.8 Å². The molecule has 11 heavy (non-hydrogen) atoms. The van der Waals surface area contributed by atoms with Crippen LogP contribution in [0, 0.1) is 0 Å². The van der Waals surface area contributed by atoms with E-state index in [1.165, 1.54) is 6.33 Å². The summed E-state index contributed by atoms with van der Waals surface area (Å²) in [6.45, 7) is 0. The van der Waals surface area contributed by atoms with Gasteiger partial charge >= 0.3 is 5.97 Å². The zero-order valence-corrected chi connectivity index (χ0v) is 5.87. The number of aromatic amines is 1. The van der Waals surface area contributed by atoms with Gasteiger partial charge in [-0.1, -0.05) is 0 Å². The summed E-state index contributed by atoms with van der Waals surface area (Å²) in [5.74, 6) is -0.453. The van der Waals surface area contributed by atoms with E-state index in [0.717, 1.165) is 0 Å². The second-order valence-corrected chi connectivity index (χ2v) is 2.16. The first-order valence-electron chi connectivity index (χ1n) is 3.19. The van der Waals surface area contributed by atoms with Crippen LogP contribution < -0.4 is 5.73 Å². The number of aromatic nitrogens is 2. The molecule has 0 saturated carbocycles. The van der Waals surface area contributed by atoms with E-state index in [1.807, 2.05) is 0 Å². The molecular formula is C6H9N3O2. The maximum Gasteiger partial charge on any atom is 0.303 e. The maximum atomic E-state index is 10.1. The number of anilines is 1. The van der Waals surface area contributed by atoms with Gasteiger partial charge in [0.15, 0.2) is 0 Å². The predicted molar refractivity (Wildman–Crippen MR) is 39.0 cm³/mol. The first-order valence-corrected chi connectivity index (χ1v) is 3.19. The topological polar surface area (TPSA) is 92.0 Å². The van der Waals surface area contributed by atoms with Crippen LogP contribution >= 0.6 is 0 Å². The second kappa shape index (κ2) is 3.05. The van der Waals surface area contributed by atoms with E-state index in [0.29, 0.717) is 17.9 Å². The Morgan fingerprint density at radius 3 is 3.00 bits per heavy atom. The number of nitrogen functional groups attached to an aromatic ring is 1. The van der Waals surface area contributed by atoms with Crippen LogP contribution in [-0.4, -0.2) is 21.0 Å². The highest BCUT2D eigenvalue weighted by Gasteiger charge is 2.03. The van der Waals surface area contributed by atoms with Crippen molar-refractivity contribution in [1.29, 1.82) is 0 Å². The van der Waals surface area contributed by atoms with E-state index >= 15 is 0 Å². The van der Waals surface area contributed by atoms with Gasteiger partial charge in [0.2, 0.25) is 0 Å². The number of carboxylic acid groups (broad SMARTS) is 1. The highest BCUT2D eigenvalue weighted by atomic mass is 16.4. The lowest BCUT2D eigenvalue weighted by atomic mass is 10.2. The summed E-state index contributed by atoms with van der Waals surface area (Å²) in [5, 5.41) is 8.33. The Balaban J connectivity index is 2.51. The number of carbonyl (C=O) groups is 1. The first kappa shape index (κ1) is 7.59. The van der Waals surface area contributed by atoms with Crippen molar-refractivity contribution in [3.05, 3.63) is 12.0 Å². The number of H-pyrrole nitrogens is 1. The van der Waals surface area contributed by atoms with Crippen molar-refractivity contribution in [2.75, 3.05) is 5.73 Å². The number of nitrogens with two attached hydrogens (primary N) is 1. The van der Waals surface area contributed by atoms with E-state index < -0.39 is 5.97 Å². The Hall–Kier alpha value is -1.52. The molecule has 0 aliphatic rings. The Morgan fingerprint density at radius 2 is 2.55 bits per heavy atom. The predicted octanol–water partition coefficient (Wildman–Crippen LogP) is 0.00910. The molecule has 0 unspecified atom stereocenters. The minimum absolute atomic E-state index is 0.0758. The van der Waals surface area contributed by atoms with Crippen LogP contribution in [0.2, 0.25) is 0 Å². The fourth-order valence-electron chi connectivity index (χ4n) is 0.764. The molecule has 5 nitrogen and oxygen atoms in total. The van der Waals surface area contributed by atoms with Crippen molar-refractivity contribution in [3.8, 4) is 0 Å². The molecule has 0 spiro atoms. The third-order valence-corrected chi connectivity index (χ3v) is 1.34. The molecule has 60 valence electrons. The molecular weight excluding hydrogens is 146 g/mol. The molecule has 1 aromatic rings. The summed E-state index contributed by atoms with van der Waals surface area (Å²) in [4.78, 5) is 16.6. The SMILES string of the molecule is Nc1nc[nH]c1CCC(=O)O. The van der Waals surface area contributed by atoms with Crippen LogP contribution in [0.4, 0.5) is 5.82 Å². The van der Waals surface area contributed by atoms with Crippen LogP contribution in [0.15, 0.2) is 6.33 Å². The summed E-state index contributed by atoms with van der Waals surface area (Å²) in [6, 6.07) is 0. The normalized spacial score (nSPS) is 9.82. The summed E-state index contributed by atoms with van der Waals surface area (Å²) in [6.07, 6.45) is 1.93. The van der Waals surface area contributed by atoms with Crippen molar-refractivity contribution < 1.29 is 9.90 Å². The van der Waals surface area contributed by atoms with Gasteiger partial charge in [0.1, 0.15) is 5.82 Å². The van der Waals surface area contributed by atoms with E-state index in [-0.39, 0.29) is 6.42 Å². The van der Waals surface area contributed by atoms with E-state index in [2.05, 4.69) is 9.97 Å². The lowest BCUT2D eigenvalue weighted by molar-refractivity contribution is -0.136. The van der Waals surface area contributed by atoms with Gasteiger partial charge in [-0.25, -0.2) is 4.98 Å². The highest BCUT2D eigenvalue weighted by molar-refractivity contribution is 5.67. The van der Waals surface area contributed by atoms with Crippen molar-refractivity contribution in [3.63, 3.8) is 0 Å². The third-order valence-electron chi connectivity index (χ3n) is 1.34. The van der Waals surface area contributed by atoms with Gasteiger partial charge in [0.25, 0.3) is 0 Å². The van der Waals surface area contributed by atoms with E-state index in [1.54, 1.807) is 0 Å². The standard InChI is InChI=1S/C6H9N3O2/c7-6-4(8-3-9-6)1-2-5(10)11/h3H,1-2,7H2,(H,8,9)(H,10,11). The summed E-state index contributed by atoms with van der Waals surface area (Å²) >= 11 is 0. The molecule has 0 radical (unpaired) electrons. The number of aryl methyl sites for hydroxylation is 1. The highest BCUT2D eigenvalue weighted by Crippen LogP contribution is 2.06. The summed E-state index contributed by atoms with van der Waals surface area (Å²) in [7, 11) is 0. The minimum atomic E-state index is -0.834. The molecule has 1 rings (SSSR count). The van der Waals surface area contributed by atoms with Gasteiger partial charge in [0.05, 0.1) is 18.4 Å². The van der Waals surface area contributed by atoms with Gasteiger partial charge in [-0.05, 0) is 0 Å². The fourth-order valence-corrected chi connectivity index (χ4v) is 0.764. The molecule has 0 aromatic carbocycles. The molecule has 0 saturated heterocycles. The quantitative estimate of drug-likeness (QED) is 0.573. The second-order valence-electron chi connectivity index (χ2n) is 2.16. The van der Waals surface area contributed by atoms with Gasteiger partial charge in [-0.15, -0.1) is 0 Å². The van der Waals surface area contributed by atoms with Crippen molar-refractivity contribution in [2.24, 2.45) is 0 Å². The summed E-state index contributed by atoms with van der Waals surface area (Å²) in [5.41, 5.74) is 6.08. The van der Waals surface area contributed by atoms with Crippen LogP contribution in [0.5, 0.6) is 0 Å². The minimum Gasteiger partial charge on any atom is -0.481 e. The van der Waals surface area contributed by atoms with Gasteiger partial charge in [-0.3, -0.25) is 4.79 Å². The smallest absolute Gasteiger partial charge is 0.303 e. The lowest BCUT2D eigenvalue weighted by Crippen LogP contribution is -2.00. The lowest BCUT2D eigenvalue weighted by Gasteiger charge is -1.93. The number of hydrogen-bond donors (Lipinski definition) is 3. The number of aliphatic carboxylic acids is 1. The molecule has 0 atom stereocenters. The number of nitrogens with one attached hydrogen (secondary N) is 1. The zero-order chi connectivity index (χ0) is 8.27. The third kappa shape index (κ3) is 1.96. The van der Waals surface area contributed by atoms with Crippen molar-refractivity contribution in [2.45, 2.75) is 12.8 Å². The number of carboxylic acids is 1. The monoisotopic (exact) mass is 155 g/mol. The number of nitrogens with zero attached hydrogens (tertiary/aromatic N) is 1. The zero-order valence-electron chi connectivity index (χ0n) is 5.87. The Labute approximate surface area is 63.3 Å². The number of imidazole rings is 1. The summed E-state index contributed by atoms with van der Waals surface area (Å²) < 4.78 is 0. The molecule has 0 aliphatic heterocycles. The van der Waals surface area contributed by atoms with Crippen LogP contribution in [0.25, 0.3) is 0 Å². The van der Waals surface area contributed by atoms with Crippen LogP contribution in [0.1, 0.15) is 12.1 Å². The fraction of sp³-hybridized carbons (Fsp3) is 0.333. The van der Waals surface area contributed by atoms with Crippen LogP contribution in [0.3, 0.4) is 0 Å². The first-order chi connectivity index (χ1) is 5.20. The number of hydrogen-bond acceptors (Lipinski definition) is 3. The molecule has 0 amide bonds. The van der Waals surface area contributed by atoms with E-state index in [9.17, 15) is 4.79 Å². The van der Waals surface area contributed by atoms with Crippen LogP contribution in [-0.2, 0) is 11.2 Å². The maximum absolute atomic E-state index is 10.1. The molecule has 0 fully saturated rings. The molecule has 4 N–H and O–H groups in total. The average molecular weight is 155 g/mol. The average Bonchev–Trinajstić information content (AvgIpc) is 2.31. The van der Waals surface area contributed by atoms with Crippen molar-refractivity contribution >= 4 is 11.8 Å². The Bertz CT molecular complexity index is 256. The number of rotatable bonds is 3. The molecule has 1 heterocycles.